The van der Waals surface area contributed by atoms with Crippen molar-refractivity contribution in [3.63, 3.8) is 0 Å². The van der Waals surface area contributed by atoms with E-state index in [4.69, 9.17) is 0 Å². The van der Waals surface area contributed by atoms with Gasteiger partial charge in [-0.05, 0) is 84.5 Å². The number of rotatable bonds is 3. The monoisotopic (exact) mass is 297 g/mol. The number of hydrogen-bond donors (Lipinski definition) is 0. The second-order valence-corrected chi connectivity index (χ2v) is 6.64. The third kappa shape index (κ3) is 2.55. The van der Waals surface area contributed by atoms with Crippen molar-refractivity contribution < 1.29 is 8.78 Å². The molecule has 113 valence electrons. The third-order valence-electron chi connectivity index (χ3n) is 5.04. The highest BCUT2D eigenvalue weighted by Gasteiger charge is 2.28. The molecule has 0 spiro atoms. The third-order valence-corrected chi connectivity index (χ3v) is 5.04. The van der Waals surface area contributed by atoms with E-state index in [9.17, 15) is 8.78 Å². The van der Waals surface area contributed by atoms with E-state index in [1.807, 2.05) is 12.1 Å². The molecular weight excluding hydrogens is 278 g/mol. The van der Waals surface area contributed by atoms with Crippen LogP contribution in [-0.4, -0.2) is 0 Å². The summed E-state index contributed by atoms with van der Waals surface area (Å²) in [5.74, 6) is 0.356. The molecule has 2 aliphatic rings. The fourth-order valence-electron chi connectivity index (χ4n) is 3.68. The Morgan fingerprint density at radius 3 is 2.36 bits per heavy atom. The van der Waals surface area contributed by atoms with E-state index in [1.54, 1.807) is 0 Å². The minimum absolute atomic E-state index is 0.297. The lowest BCUT2D eigenvalue weighted by molar-refractivity contribution is 0.622. The Morgan fingerprint density at radius 2 is 1.64 bits per heavy atom. The molecule has 0 unspecified atom stereocenters. The van der Waals surface area contributed by atoms with Crippen LogP contribution in [0.1, 0.15) is 61.5 Å². The quantitative estimate of drug-likeness (QED) is 0.655. The average molecular weight is 297 g/mol. The first-order chi connectivity index (χ1) is 10.7. The van der Waals surface area contributed by atoms with Crippen LogP contribution >= 0.6 is 0 Å². The predicted molar refractivity (Wildman–Crippen MR) is 83.8 cm³/mol. The Bertz CT molecular complexity index is 695. The maximum Gasteiger partial charge on any atom is 0.131 e. The van der Waals surface area contributed by atoms with E-state index in [1.165, 1.54) is 31.0 Å². The molecule has 0 amide bonds. The highest BCUT2D eigenvalue weighted by molar-refractivity contribution is 5.70. The van der Waals surface area contributed by atoms with Crippen LogP contribution in [-0.2, 0) is 0 Å². The van der Waals surface area contributed by atoms with E-state index in [0.717, 1.165) is 42.4 Å². The maximum atomic E-state index is 14.4. The molecule has 2 aliphatic carbocycles. The molecule has 2 saturated carbocycles. The molecule has 0 saturated heterocycles. The summed E-state index contributed by atoms with van der Waals surface area (Å²) >= 11 is 0. The van der Waals surface area contributed by atoms with Crippen molar-refractivity contribution in [2.45, 2.75) is 50.4 Å². The summed E-state index contributed by atoms with van der Waals surface area (Å²) in [6.45, 7) is 0. The molecular formula is C20H19F2. The summed E-state index contributed by atoms with van der Waals surface area (Å²) in [7, 11) is 0. The summed E-state index contributed by atoms with van der Waals surface area (Å²) in [6, 6.07) is 11.2. The summed E-state index contributed by atoms with van der Waals surface area (Å²) in [6.07, 6.45) is 7.01. The molecule has 2 heteroatoms. The van der Waals surface area contributed by atoms with Gasteiger partial charge in [0.25, 0.3) is 0 Å². The van der Waals surface area contributed by atoms with Crippen LogP contribution in [0.25, 0.3) is 11.1 Å². The molecule has 0 heterocycles. The Morgan fingerprint density at radius 1 is 0.864 bits per heavy atom. The molecule has 0 N–H and O–H groups in total. The lowest BCUT2D eigenvalue weighted by Gasteiger charge is -2.14. The number of hydrogen-bond acceptors (Lipinski definition) is 0. The zero-order valence-corrected chi connectivity index (χ0v) is 12.5. The largest absolute Gasteiger partial charge is 0.207 e. The Hall–Kier alpha value is -1.70. The van der Waals surface area contributed by atoms with Crippen LogP contribution in [0.2, 0.25) is 0 Å². The van der Waals surface area contributed by atoms with E-state index < -0.39 is 0 Å². The van der Waals surface area contributed by atoms with Crippen LogP contribution in [0.3, 0.4) is 0 Å². The maximum absolute atomic E-state index is 14.4. The molecule has 0 bridgehead atoms. The van der Waals surface area contributed by atoms with Crippen molar-refractivity contribution in [3.8, 4) is 11.1 Å². The molecule has 2 aromatic rings. The zero-order chi connectivity index (χ0) is 15.1. The first-order valence-electron chi connectivity index (χ1n) is 8.23. The van der Waals surface area contributed by atoms with Crippen molar-refractivity contribution in [3.05, 3.63) is 59.2 Å². The minimum Gasteiger partial charge on any atom is -0.207 e. The van der Waals surface area contributed by atoms with E-state index in [-0.39, 0.29) is 11.6 Å². The summed E-state index contributed by atoms with van der Waals surface area (Å²) < 4.78 is 28.1. The standard InChI is InChI=1S/C20H19F2/c21-16-8-9-17(14-5-6-14)18(12-16)19-11-15(7-10-20(19)22)13-3-1-2-4-13/h8-14H,1-6H2. The Balaban J connectivity index is 1.81. The predicted octanol–water partition coefficient (Wildman–Crippen LogP) is 5.97. The fraction of sp³-hybridized carbons (Fsp3) is 0.400. The van der Waals surface area contributed by atoms with Crippen molar-refractivity contribution in [2.24, 2.45) is 0 Å². The molecule has 0 nitrogen and oxygen atoms in total. The van der Waals surface area contributed by atoms with Crippen molar-refractivity contribution >= 4 is 0 Å². The van der Waals surface area contributed by atoms with E-state index in [0.29, 0.717) is 17.4 Å². The number of halogens is 2. The molecule has 0 aromatic heterocycles. The first-order valence-corrected chi connectivity index (χ1v) is 8.23. The highest BCUT2D eigenvalue weighted by Crippen LogP contribution is 2.45. The lowest BCUT2D eigenvalue weighted by atomic mass is 9.91. The van der Waals surface area contributed by atoms with Gasteiger partial charge in [0, 0.05) is 5.56 Å². The molecule has 0 aliphatic heterocycles. The summed E-state index contributed by atoms with van der Waals surface area (Å²) in [5, 5.41) is 0. The molecule has 4 rings (SSSR count). The van der Waals surface area contributed by atoms with Crippen LogP contribution < -0.4 is 0 Å². The topological polar surface area (TPSA) is 0 Å². The molecule has 2 aromatic carbocycles. The normalized spacial score (nSPS) is 18.8. The summed E-state index contributed by atoms with van der Waals surface area (Å²) in [5.41, 5.74) is 3.44. The van der Waals surface area contributed by atoms with Gasteiger partial charge < -0.3 is 0 Å². The molecule has 22 heavy (non-hydrogen) atoms. The van der Waals surface area contributed by atoms with Crippen LogP contribution in [0, 0.1) is 17.7 Å². The van der Waals surface area contributed by atoms with Crippen LogP contribution in [0.4, 0.5) is 8.78 Å². The number of benzene rings is 2. The van der Waals surface area contributed by atoms with E-state index >= 15 is 0 Å². The van der Waals surface area contributed by atoms with Crippen molar-refractivity contribution in [1.82, 2.24) is 0 Å². The lowest BCUT2D eigenvalue weighted by Crippen LogP contribution is -1.97. The van der Waals surface area contributed by atoms with Gasteiger partial charge in [0.2, 0.25) is 0 Å². The highest BCUT2D eigenvalue weighted by atomic mass is 19.1. The van der Waals surface area contributed by atoms with Gasteiger partial charge in [0.1, 0.15) is 11.6 Å². The van der Waals surface area contributed by atoms with Gasteiger partial charge >= 0.3 is 0 Å². The summed E-state index contributed by atoms with van der Waals surface area (Å²) in [4.78, 5) is 0. The van der Waals surface area contributed by atoms with Gasteiger partial charge in [-0.15, -0.1) is 0 Å². The second-order valence-electron chi connectivity index (χ2n) is 6.64. The smallest absolute Gasteiger partial charge is 0.131 e. The molecule has 2 fully saturated rings. The SMILES string of the molecule is Fc1ccc(C2CC2)c(-c2cc(C3CCCC3)[c]cc2F)c1. The van der Waals surface area contributed by atoms with Gasteiger partial charge in [0.05, 0.1) is 0 Å². The molecule has 1 radical (unpaired) electrons. The fourth-order valence-corrected chi connectivity index (χ4v) is 3.68. The van der Waals surface area contributed by atoms with Gasteiger partial charge in [0.15, 0.2) is 0 Å². The molecule has 0 atom stereocenters. The minimum atomic E-state index is -0.297. The Labute approximate surface area is 130 Å². The first kappa shape index (κ1) is 13.9. The van der Waals surface area contributed by atoms with Gasteiger partial charge in [-0.2, -0.15) is 0 Å². The van der Waals surface area contributed by atoms with Gasteiger partial charge in [-0.3, -0.25) is 0 Å². The average Bonchev–Trinajstić information content (AvgIpc) is 3.21. The van der Waals surface area contributed by atoms with Crippen LogP contribution in [0.5, 0.6) is 0 Å². The zero-order valence-electron chi connectivity index (χ0n) is 12.5. The van der Waals surface area contributed by atoms with Gasteiger partial charge in [-0.25, -0.2) is 8.78 Å². The van der Waals surface area contributed by atoms with Crippen molar-refractivity contribution in [2.75, 3.05) is 0 Å². The van der Waals surface area contributed by atoms with Crippen LogP contribution in [0.15, 0.2) is 30.3 Å². The van der Waals surface area contributed by atoms with E-state index in [2.05, 4.69) is 6.07 Å². The van der Waals surface area contributed by atoms with Crippen molar-refractivity contribution in [1.29, 1.82) is 0 Å². The van der Waals surface area contributed by atoms with Gasteiger partial charge in [-0.1, -0.05) is 18.9 Å². The Kier molecular flexibility index (Phi) is 3.48. The second kappa shape index (κ2) is 5.49.